The van der Waals surface area contributed by atoms with Gasteiger partial charge in [-0.15, -0.1) is 11.3 Å². The molecule has 1 aliphatic heterocycles. The first-order valence-electron chi connectivity index (χ1n) is 8.60. The fraction of sp³-hybridized carbons (Fsp3) is 0.150. The molecule has 0 bridgehead atoms. The molecule has 1 N–H and O–H groups in total. The van der Waals surface area contributed by atoms with E-state index >= 15 is 0 Å². The molecule has 142 valence electrons. The van der Waals surface area contributed by atoms with Crippen LogP contribution in [0.3, 0.4) is 0 Å². The summed E-state index contributed by atoms with van der Waals surface area (Å²) in [5.74, 6) is 1.12. The summed E-state index contributed by atoms with van der Waals surface area (Å²) in [6, 6.07) is 9.27. The van der Waals surface area contributed by atoms with E-state index in [1.165, 1.54) is 11.3 Å². The van der Waals surface area contributed by atoms with E-state index in [0.717, 1.165) is 21.6 Å². The Bertz CT molecular complexity index is 1120. The number of nitrogens with one attached hydrogen (secondary N) is 1. The summed E-state index contributed by atoms with van der Waals surface area (Å²) in [4.78, 5) is 17.0. The number of nitrogens with zero attached hydrogens (tertiary/aromatic N) is 3. The third-order valence-electron chi connectivity index (χ3n) is 3.92. The van der Waals surface area contributed by atoms with Gasteiger partial charge in [-0.1, -0.05) is 12.2 Å². The van der Waals surface area contributed by atoms with Gasteiger partial charge in [0, 0.05) is 10.9 Å². The number of hydrogen-bond donors (Lipinski definition) is 1. The largest absolute Gasteiger partial charge is 0.482 e. The Morgan fingerprint density at radius 2 is 2.32 bits per heavy atom. The van der Waals surface area contributed by atoms with E-state index in [9.17, 15) is 4.79 Å². The van der Waals surface area contributed by atoms with Crippen molar-refractivity contribution in [1.82, 2.24) is 4.68 Å². The number of hydrogen-bond acceptors (Lipinski definition) is 6. The lowest BCUT2D eigenvalue weighted by Gasteiger charge is -2.18. The monoisotopic (exact) mass is 394 g/mol. The second-order valence-corrected chi connectivity index (χ2v) is 7.13. The number of thiazole rings is 1. The highest BCUT2D eigenvalue weighted by molar-refractivity contribution is 7.07. The second-order valence-electron chi connectivity index (χ2n) is 6.30. The fourth-order valence-electron chi connectivity index (χ4n) is 2.64. The van der Waals surface area contributed by atoms with Gasteiger partial charge >= 0.3 is 0 Å². The minimum atomic E-state index is -0.171. The lowest BCUT2D eigenvalue weighted by atomic mass is 10.1. The molecule has 7 nitrogen and oxygen atoms in total. The molecule has 3 heterocycles. The topological polar surface area (TPSA) is 81.1 Å². The summed E-state index contributed by atoms with van der Waals surface area (Å²) in [7, 11) is 0. The molecule has 3 aromatic rings. The lowest BCUT2D eigenvalue weighted by Crippen LogP contribution is -2.25. The molecule has 0 spiro atoms. The van der Waals surface area contributed by atoms with Crippen LogP contribution in [-0.2, 0) is 4.79 Å². The number of rotatable bonds is 5. The first kappa shape index (κ1) is 18.0. The van der Waals surface area contributed by atoms with E-state index < -0.39 is 0 Å². The highest BCUT2D eigenvalue weighted by atomic mass is 32.1. The molecule has 28 heavy (non-hydrogen) atoms. The zero-order valence-corrected chi connectivity index (χ0v) is 16.0. The smallest absolute Gasteiger partial charge is 0.262 e. The highest BCUT2D eigenvalue weighted by Gasteiger charge is 2.17. The SMILES string of the molecule is C=C(C)CN=c1scc(-c2ccc3c(c2)NC(=O)CO3)n1N=Cc1ccco1. The number of anilines is 1. The van der Waals surface area contributed by atoms with E-state index in [-0.39, 0.29) is 12.5 Å². The van der Waals surface area contributed by atoms with E-state index in [1.54, 1.807) is 23.2 Å². The molecule has 0 fully saturated rings. The highest BCUT2D eigenvalue weighted by Crippen LogP contribution is 2.32. The predicted molar refractivity (Wildman–Crippen MR) is 109 cm³/mol. The standard InChI is InChI=1S/C20H18N4O3S/c1-13(2)9-21-20-24(22-10-15-4-3-7-26-15)17(12-28-20)14-5-6-18-16(8-14)23-19(25)11-27-18/h3-8,10,12H,1,9,11H2,2H3,(H,23,25). The normalized spacial score (nSPS) is 14.0. The van der Waals surface area contributed by atoms with Gasteiger partial charge in [0.25, 0.3) is 5.91 Å². The van der Waals surface area contributed by atoms with Gasteiger partial charge in [0.15, 0.2) is 6.61 Å². The number of aromatic nitrogens is 1. The average Bonchev–Trinajstić information content (AvgIpc) is 3.33. The van der Waals surface area contributed by atoms with Crippen LogP contribution in [0, 0.1) is 0 Å². The van der Waals surface area contributed by atoms with E-state index in [0.29, 0.717) is 23.7 Å². The van der Waals surface area contributed by atoms with E-state index in [1.807, 2.05) is 36.6 Å². The van der Waals surface area contributed by atoms with Crippen LogP contribution in [0.25, 0.3) is 11.3 Å². The van der Waals surface area contributed by atoms with Crippen LogP contribution in [0.15, 0.2) is 68.6 Å². The molecule has 1 amide bonds. The summed E-state index contributed by atoms with van der Waals surface area (Å²) in [6.45, 7) is 6.38. The van der Waals surface area contributed by atoms with Crippen LogP contribution < -0.4 is 14.9 Å². The molecule has 0 unspecified atom stereocenters. The first-order valence-corrected chi connectivity index (χ1v) is 9.48. The third kappa shape index (κ3) is 3.81. The van der Waals surface area contributed by atoms with Crippen molar-refractivity contribution < 1.29 is 13.9 Å². The molecule has 0 aliphatic carbocycles. The van der Waals surface area contributed by atoms with Crippen LogP contribution in [0.4, 0.5) is 5.69 Å². The van der Waals surface area contributed by atoms with Gasteiger partial charge < -0.3 is 14.5 Å². The van der Waals surface area contributed by atoms with Gasteiger partial charge in [-0.25, -0.2) is 4.68 Å². The first-order chi connectivity index (χ1) is 13.6. The summed E-state index contributed by atoms with van der Waals surface area (Å²) in [5, 5.41) is 9.36. The number of amides is 1. The zero-order chi connectivity index (χ0) is 19.5. The lowest BCUT2D eigenvalue weighted by molar-refractivity contribution is -0.118. The van der Waals surface area contributed by atoms with Gasteiger partial charge in [-0.3, -0.25) is 9.79 Å². The molecule has 4 rings (SSSR count). The number of carbonyl (C=O) groups excluding carboxylic acids is 1. The van der Waals surface area contributed by atoms with Crippen molar-refractivity contribution in [2.24, 2.45) is 10.1 Å². The summed E-state index contributed by atoms with van der Waals surface area (Å²) < 4.78 is 12.5. The molecular formula is C20H18N4O3S. The van der Waals surface area contributed by atoms with Crippen molar-refractivity contribution in [1.29, 1.82) is 0 Å². The Kier molecular flexibility index (Phi) is 4.94. The van der Waals surface area contributed by atoms with E-state index in [4.69, 9.17) is 9.15 Å². The molecule has 1 aromatic carbocycles. The Balaban J connectivity index is 1.78. The molecule has 2 aromatic heterocycles. The quantitative estimate of drug-likeness (QED) is 0.531. The van der Waals surface area contributed by atoms with Crippen LogP contribution in [0.2, 0.25) is 0 Å². The van der Waals surface area contributed by atoms with Crippen LogP contribution in [-0.4, -0.2) is 29.9 Å². The van der Waals surface area contributed by atoms with Crippen LogP contribution in [0.1, 0.15) is 12.7 Å². The molecule has 0 saturated carbocycles. The van der Waals surface area contributed by atoms with Crippen molar-refractivity contribution in [3.05, 3.63) is 64.7 Å². The Labute approximate surface area is 165 Å². The Morgan fingerprint density at radius 3 is 3.11 bits per heavy atom. The maximum atomic E-state index is 11.6. The predicted octanol–water partition coefficient (Wildman–Crippen LogP) is 3.50. The molecule has 0 radical (unpaired) electrons. The van der Waals surface area contributed by atoms with Crippen LogP contribution >= 0.6 is 11.3 Å². The molecule has 8 heteroatoms. The van der Waals surface area contributed by atoms with E-state index in [2.05, 4.69) is 22.0 Å². The number of furan rings is 1. The second kappa shape index (κ2) is 7.69. The fourth-order valence-corrected chi connectivity index (χ4v) is 3.48. The zero-order valence-electron chi connectivity index (χ0n) is 15.2. The van der Waals surface area contributed by atoms with Gasteiger partial charge in [0.1, 0.15) is 11.5 Å². The summed E-state index contributed by atoms with van der Waals surface area (Å²) in [5.41, 5.74) is 3.33. The number of carbonyl (C=O) groups is 1. The van der Waals surface area contributed by atoms with Crippen molar-refractivity contribution >= 4 is 29.1 Å². The van der Waals surface area contributed by atoms with Crippen molar-refractivity contribution in [2.45, 2.75) is 6.92 Å². The molecule has 0 saturated heterocycles. The summed E-state index contributed by atoms with van der Waals surface area (Å²) in [6.07, 6.45) is 3.23. The number of fused-ring (bicyclic) bond motifs is 1. The van der Waals surface area contributed by atoms with Gasteiger partial charge in [-0.2, -0.15) is 5.10 Å². The summed E-state index contributed by atoms with van der Waals surface area (Å²) >= 11 is 1.48. The van der Waals surface area contributed by atoms with Crippen molar-refractivity contribution in [3.8, 4) is 17.0 Å². The molecule has 0 atom stereocenters. The molecular weight excluding hydrogens is 376 g/mol. The van der Waals surface area contributed by atoms with Crippen molar-refractivity contribution in [3.63, 3.8) is 0 Å². The Hall–Kier alpha value is -3.39. The molecule has 1 aliphatic rings. The minimum absolute atomic E-state index is 0.0299. The number of benzene rings is 1. The van der Waals surface area contributed by atoms with Crippen molar-refractivity contribution in [2.75, 3.05) is 18.5 Å². The third-order valence-corrected chi connectivity index (χ3v) is 4.78. The van der Waals surface area contributed by atoms with Gasteiger partial charge in [0.2, 0.25) is 4.80 Å². The van der Waals surface area contributed by atoms with Gasteiger partial charge in [-0.05, 0) is 37.3 Å². The Morgan fingerprint density at radius 1 is 1.43 bits per heavy atom. The minimum Gasteiger partial charge on any atom is -0.482 e. The van der Waals surface area contributed by atoms with Crippen LogP contribution in [0.5, 0.6) is 5.75 Å². The average molecular weight is 394 g/mol. The maximum Gasteiger partial charge on any atom is 0.262 e. The van der Waals surface area contributed by atoms with Gasteiger partial charge in [0.05, 0.1) is 30.4 Å². The number of ether oxygens (including phenoxy) is 1. The maximum absolute atomic E-state index is 11.6.